The second-order valence-corrected chi connectivity index (χ2v) is 14.7. The molecule has 1 aliphatic rings. The molecule has 1 rings (SSSR count). The molecule has 0 aromatic rings. The summed E-state index contributed by atoms with van der Waals surface area (Å²) in [5.74, 6) is 0. The van der Waals surface area contributed by atoms with Gasteiger partial charge in [-0.25, -0.2) is 0 Å². The van der Waals surface area contributed by atoms with E-state index >= 15 is 0 Å². The fourth-order valence-corrected chi connectivity index (χ4v) is 6.90. The molecule has 3 heteroatoms. The fourth-order valence-electron chi connectivity index (χ4n) is 6.90. The van der Waals surface area contributed by atoms with E-state index in [1.807, 2.05) is 0 Å². The number of hydrogen-bond donors (Lipinski definition) is 0. The van der Waals surface area contributed by atoms with Crippen LogP contribution in [0.25, 0.3) is 0 Å². The number of likely N-dealkylation sites (tertiary alicyclic amines) is 1. The van der Waals surface area contributed by atoms with Crippen molar-refractivity contribution in [1.29, 1.82) is 0 Å². The standard InChI is InChI=1S/C46H85NO2/c1-3-5-7-9-11-13-15-17-19-21-23-25-27-29-31-33-42-48-44-36-39-46-38-35-40-47(46)41-37-45-49-43-34-32-30-28-26-24-22-20-18-16-14-12-10-8-6-4-2/h11-14,17-20,46H,3-10,15-16,21-45H2,1-2H3. The highest BCUT2D eigenvalue weighted by Crippen LogP contribution is 2.21. The fraction of sp³-hybridized carbons (Fsp3) is 0.826. The molecule has 1 heterocycles. The van der Waals surface area contributed by atoms with E-state index in [4.69, 9.17) is 9.47 Å². The number of hydrogen-bond acceptors (Lipinski definition) is 3. The first-order valence-corrected chi connectivity index (χ1v) is 21.9. The van der Waals surface area contributed by atoms with E-state index in [9.17, 15) is 0 Å². The summed E-state index contributed by atoms with van der Waals surface area (Å²) in [7, 11) is 0. The Balaban J connectivity index is 1.80. The lowest BCUT2D eigenvalue weighted by Gasteiger charge is -2.24. The van der Waals surface area contributed by atoms with Crippen LogP contribution in [-0.2, 0) is 9.47 Å². The monoisotopic (exact) mass is 684 g/mol. The predicted octanol–water partition coefficient (Wildman–Crippen LogP) is 14.3. The first-order chi connectivity index (χ1) is 24.4. The topological polar surface area (TPSA) is 21.7 Å². The van der Waals surface area contributed by atoms with Crippen molar-refractivity contribution in [3.63, 3.8) is 0 Å². The summed E-state index contributed by atoms with van der Waals surface area (Å²) >= 11 is 0. The first kappa shape index (κ1) is 45.9. The maximum absolute atomic E-state index is 6.00. The van der Waals surface area contributed by atoms with Crippen molar-refractivity contribution in [3.8, 4) is 0 Å². The second kappa shape index (κ2) is 39.6. The molecule has 0 saturated carbocycles. The van der Waals surface area contributed by atoms with Crippen LogP contribution in [0.4, 0.5) is 0 Å². The smallest absolute Gasteiger partial charge is 0.0478 e. The van der Waals surface area contributed by atoms with Crippen LogP contribution < -0.4 is 0 Å². The lowest BCUT2D eigenvalue weighted by molar-refractivity contribution is 0.107. The molecule has 0 aliphatic carbocycles. The van der Waals surface area contributed by atoms with E-state index in [0.29, 0.717) is 0 Å². The van der Waals surface area contributed by atoms with Crippen molar-refractivity contribution in [1.82, 2.24) is 4.90 Å². The predicted molar refractivity (Wildman–Crippen MR) is 219 cm³/mol. The third-order valence-corrected chi connectivity index (χ3v) is 10.0. The number of nitrogens with zero attached hydrogens (tertiary/aromatic N) is 1. The number of unbranched alkanes of at least 4 members (excludes halogenated alkanes) is 18. The molecule has 0 amide bonds. The van der Waals surface area contributed by atoms with Crippen molar-refractivity contribution < 1.29 is 9.47 Å². The molecule has 1 fully saturated rings. The van der Waals surface area contributed by atoms with Crippen molar-refractivity contribution in [2.24, 2.45) is 0 Å². The molecule has 1 aliphatic heterocycles. The van der Waals surface area contributed by atoms with Crippen molar-refractivity contribution in [2.75, 3.05) is 39.5 Å². The Morgan fingerprint density at radius 1 is 0.449 bits per heavy atom. The largest absolute Gasteiger partial charge is 0.381 e. The summed E-state index contributed by atoms with van der Waals surface area (Å²) in [5, 5.41) is 0. The van der Waals surface area contributed by atoms with Gasteiger partial charge in [-0.05, 0) is 116 Å². The van der Waals surface area contributed by atoms with E-state index < -0.39 is 0 Å². The van der Waals surface area contributed by atoms with Gasteiger partial charge in [-0.15, -0.1) is 0 Å². The van der Waals surface area contributed by atoms with Crippen LogP contribution in [0.5, 0.6) is 0 Å². The summed E-state index contributed by atoms with van der Waals surface area (Å²) < 4.78 is 12.0. The van der Waals surface area contributed by atoms with Gasteiger partial charge in [-0.2, -0.15) is 0 Å². The minimum absolute atomic E-state index is 0.776. The molecule has 0 N–H and O–H groups in total. The lowest BCUT2D eigenvalue weighted by atomic mass is 10.1. The first-order valence-electron chi connectivity index (χ1n) is 21.9. The molecule has 49 heavy (non-hydrogen) atoms. The molecule has 0 radical (unpaired) electrons. The van der Waals surface area contributed by atoms with E-state index in [0.717, 1.165) is 45.3 Å². The molecule has 3 nitrogen and oxygen atoms in total. The van der Waals surface area contributed by atoms with E-state index in [1.165, 1.54) is 186 Å². The van der Waals surface area contributed by atoms with Crippen LogP contribution in [0.15, 0.2) is 48.6 Å². The van der Waals surface area contributed by atoms with E-state index in [2.05, 4.69) is 67.4 Å². The zero-order chi connectivity index (χ0) is 35.0. The van der Waals surface area contributed by atoms with E-state index in [1.54, 1.807) is 0 Å². The Morgan fingerprint density at radius 3 is 1.35 bits per heavy atom. The third-order valence-electron chi connectivity index (χ3n) is 10.0. The van der Waals surface area contributed by atoms with Crippen LogP contribution in [0, 0.1) is 0 Å². The Bertz CT molecular complexity index is 694. The molecule has 1 unspecified atom stereocenters. The van der Waals surface area contributed by atoms with Crippen molar-refractivity contribution in [3.05, 3.63) is 48.6 Å². The molecular formula is C46H85NO2. The summed E-state index contributed by atoms with van der Waals surface area (Å²) in [4.78, 5) is 2.73. The molecule has 0 aromatic carbocycles. The van der Waals surface area contributed by atoms with Crippen molar-refractivity contribution >= 4 is 0 Å². The van der Waals surface area contributed by atoms with Gasteiger partial charge in [0.2, 0.25) is 0 Å². The summed E-state index contributed by atoms with van der Waals surface area (Å²) in [6.07, 6.45) is 56.5. The van der Waals surface area contributed by atoms with Gasteiger partial charge in [0.25, 0.3) is 0 Å². The summed E-state index contributed by atoms with van der Waals surface area (Å²) in [6, 6.07) is 0.776. The molecule has 286 valence electrons. The van der Waals surface area contributed by atoms with Gasteiger partial charge in [0, 0.05) is 39.0 Å². The molecule has 0 aromatic heterocycles. The number of rotatable bonds is 38. The molecule has 0 bridgehead atoms. The highest BCUT2D eigenvalue weighted by molar-refractivity contribution is 4.93. The Labute approximate surface area is 307 Å². The zero-order valence-corrected chi connectivity index (χ0v) is 33.2. The Kier molecular flexibility index (Phi) is 37.1. The third kappa shape index (κ3) is 33.7. The van der Waals surface area contributed by atoms with Gasteiger partial charge in [0.1, 0.15) is 0 Å². The van der Waals surface area contributed by atoms with Crippen LogP contribution >= 0.6 is 0 Å². The van der Waals surface area contributed by atoms with Crippen molar-refractivity contribution in [2.45, 2.75) is 206 Å². The Morgan fingerprint density at radius 2 is 0.857 bits per heavy atom. The van der Waals surface area contributed by atoms with Gasteiger partial charge in [-0.3, -0.25) is 0 Å². The SMILES string of the molecule is CCCCCC=CCC=CCCCCCCCCOCCCC1CCCN1CCCOCCCCCCCCC=CCC=CCCCCC. The molecule has 1 atom stereocenters. The van der Waals surface area contributed by atoms with Crippen LogP contribution in [0.1, 0.15) is 200 Å². The van der Waals surface area contributed by atoms with Gasteiger partial charge in [0.05, 0.1) is 0 Å². The lowest BCUT2D eigenvalue weighted by Crippen LogP contribution is -2.31. The van der Waals surface area contributed by atoms with Gasteiger partial charge < -0.3 is 14.4 Å². The molecule has 0 spiro atoms. The van der Waals surface area contributed by atoms with Crippen LogP contribution in [0.2, 0.25) is 0 Å². The maximum Gasteiger partial charge on any atom is 0.0478 e. The van der Waals surface area contributed by atoms with Crippen LogP contribution in [0.3, 0.4) is 0 Å². The summed E-state index contributed by atoms with van der Waals surface area (Å²) in [5.41, 5.74) is 0. The minimum atomic E-state index is 0.776. The highest BCUT2D eigenvalue weighted by Gasteiger charge is 2.23. The average molecular weight is 684 g/mol. The molecule has 1 saturated heterocycles. The quantitative estimate of drug-likeness (QED) is 0.0477. The minimum Gasteiger partial charge on any atom is -0.381 e. The average Bonchev–Trinajstić information content (AvgIpc) is 3.57. The molecular weight excluding hydrogens is 599 g/mol. The highest BCUT2D eigenvalue weighted by atomic mass is 16.5. The normalized spacial score (nSPS) is 15.8. The van der Waals surface area contributed by atoms with Crippen LogP contribution in [-0.4, -0.2) is 50.5 Å². The number of allylic oxidation sites excluding steroid dienone is 8. The van der Waals surface area contributed by atoms with Gasteiger partial charge >= 0.3 is 0 Å². The Hall–Kier alpha value is -1.16. The zero-order valence-electron chi connectivity index (χ0n) is 33.2. The van der Waals surface area contributed by atoms with E-state index in [-0.39, 0.29) is 0 Å². The number of ether oxygens (including phenoxy) is 2. The van der Waals surface area contributed by atoms with Gasteiger partial charge in [0.15, 0.2) is 0 Å². The van der Waals surface area contributed by atoms with Gasteiger partial charge in [-0.1, -0.05) is 140 Å². The summed E-state index contributed by atoms with van der Waals surface area (Å²) in [6.45, 7) is 10.8. The second-order valence-electron chi connectivity index (χ2n) is 14.7. The maximum atomic E-state index is 6.00.